The predicted octanol–water partition coefficient (Wildman–Crippen LogP) is 3.54. The van der Waals surface area contributed by atoms with Crippen LogP contribution in [0.5, 0.6) is 0 Å². The molecule has 0 aliphatic carbocycles. The first-order valence-corrected chi connectivity index (χ1v) is 7.66. The SMILES string of the molecule is Cc1nn(-c2ccccc2)c(C)c1/C=C/C(=O)Nc1cccnc1. The van der Waals surface area contributed by atoms with Crippen LogP contribution in [0.1, 0.15) is 17.0 Å². The smallest absolute Gasteiger partial charge is 0.248 e. The van der Waals surface area contributed by atoms with Crippen molar-refractivity contribution in [2.24, 2.45) is 0 Å². The number of pyridine rings is 1. The number of hydrogen-bond donors (Lipinski definition) is 1. The van der Waals surface area contributed by atoms with Crippen LogP contribution < -0.4 is 5.32 Å². The molecule has 0 aliphatic heterocycles. The lowest BCUT2D eigenvalue weighted by Gasteiger charge is -2.03. The van der Waals surface area contributed by atoms with Crippen LogP contribution >= 0.6 is 0 Å². The number of aryl methyl sites for hydroxylation is 1. The summed E-state index contributed by atoms with van der Waals surface area (Å²) in [6, 6.07) is 13.5. The summed E-state index contributed by atoms with van der Waals surface area (Å²) in [6.45, 7) is 3.93. The molecule has 3 aromatic rings. The molecule has 3 rings (SSSR count). The molecule has 24 heavy (non-hydrogen) atoms. The molecular weight excluding hydrogens is 300 g/mol. The second-order valence-corrected chi connectivity index (χ2v) is 5.40. The number of para-hydroxylation sites is 1. The molecule has 1 N–H and O–H groups in total. The molecule has 0 bridgehead atoms. The Balaban J connectivity index is 1.80. The monoisotopic (exact) mass is 318 g/mol. The maximum atomic E-state index is 12.0. The van der Waals surface area contributed by atoms with Gasteiger partial charge in [0.05, 0.1) is 23.3 Å². The summed E-state index contributed by atoms with van der Waals surface area (Å²) >= 11 is 0. The van der Waals surface area contributed by atoms with Crippen molar-refractivity contribution in [2.75, 3.05) is 5.32 Å². The zero-order chi connectivity index (χ0) is 16.9. The third-order valence-electron chi connectivity index (χ3n) is 3.68. The van der Waals surface area contributed by atoms with Crippen molar-refractivity contribution in [3.05, 3.63) is 77.9 Å². The second-order valence-electron chi connectivity index (χ2n) is 5.40. The van der Waals surface area contributed by atoms with Crippen molar-refractivity contribution in [3.63, 3.8) is 0 Å². The van der Waals surface area contributed by atoms with E-state index >= 15 is 0 Å². The average Bonchev–Trinajstić information content (AvgIpc) is 2.89. The van der Waals surface area contributed by atoms with Crippen LogP contribution in [0.3, 0.4) is 0 Å². The summed E-state index contributed by atoms with van der Waals surface area (Å²) in [5.41, 5.74) is 4.48. The molecule has 1 amide bonds. The molecule has 2 aromatic heterocycles. The summed E-state index contributed by atoms with van der Waals surface area (Å²) in [5.74, 6) is -0.200. The number of rotatable bonds is 4. The first-order chi connectivity index (χ1) is 11.6. The van der Waals surface area contributed by atoms with E-state index in [0.717, 1.165) is 22.6 Å². The predicted molar refractivity (Wildman–Crippen MR) is 94.9 cm³/mol. The molecule has 2 heterocycles. The van der Waals surface area contributed by atoms with Gasteiger partial charge >= 0.3 is 0 Å². The van der Waals surface area contributed by atoms with Gasteiger partial charge in [-0.05, 0) is 44.2 Å². The van der Waals surface area contributed by atoms with E-state index in [9.17, 15) is 4.79 Å². The van der Waals surface area contributed by atoms with Crippen LogP contribution in [0.2, 0.25) is 0 Å². The van der Waals surface area contributed by atoms with Crippen LogP contribution in [-0.4, -0.2) is 20.7 Å². The van der Waals surface area contributed by atoms with E-state index in [1.54, 1.807) is 30.6 Å². The topological polar surface area (TPSA) is 59.8 Å². The number of benzene rings is 1. The standard InChI is InChI=1S/C19H18N4O/c1-14-18(10-11-19(24)21-16-7-6-12-20-13-16)15(2)23(22-14)17-8-4-3-5-9-17/h3-13H,1-2H3,(H,21,24)/b11-10+. The van der Waals surface area contributed by atoms with Gasteiger partial charge in [0.2, 0.25) is 5.91 Å². The molecule has 1 aromatic carbocycles. The number of amides is 1. The highest BCUT2D eigenvalue weighted by atomic mass is 16.1. The second kappa shape index (κ2) is 6.91. The minimum absolute atomic E-state index is 0.200. The van der Waals surface area contributed by atoms with Crippen LogP contribution in [0.15, 0.2) is 60.9 Å². The van der Waals surface area contributed by atoms with Crippen molar-refractivity contribution in [3.8, 4) is 5.69 Å². The third kappa shape index (κ3) is 3.41. The van der Waals surface area contributed by atoms with Gasteiger partial charge in [0, 0.05) is 23.5 Å². The van der Waals surface area contributed by atoms with Crippen LogP contribution in [0.25, 0.3) is 11.8 Å². The Labute approximate surface area is 140 Å². The van der Waals surface area contributed by atoms with Crippen molar-refractivity contribution >= 4 is 17.7 Å². The van der Waals surface area contributed by atoms with Gasteiger partial charge in [-0.1, -0.05) is 18.2 Å². The van der Waals surface area contributed by atoms with Crippen LogP contribution in [-0.2, 0) is 4.79 Å². The Bertz CT molecular complexity index is 867. The summed E-state index contributed by atoms with van der Waals surface area (Å²) in [7, 11) is 0. The van der Waals surface area contributed by atoms with Crippen molar-refractivity contribution < 1.29 is 4.79 Å². The van der Waals surface area contributed by atoms with Gasteiger partial charge in [0.25, 0.3) is 0 Å². The van der Waals surface area contributed by atoms with Gasteiger partial charge in [-0.15, -0.1) is 0 Å². The highest BCUT2D eigenvalue weighted by molar-refractivity contribution is 6.01. The fourth-order valence-corrected chi connectivity index (χ4v) is 2.50. The van der Waals surface area contributed by atoms with Crippen molar-refractivity contribution in [1.82, 2.24) is 14.8 Å². The maximum absolute atomic E-state index is 12.0. The van der Waals surface area contributed by atoms with Gasteiger partial charge in [-0.3, -0.25) is 9.78 Å². The van der Waals surface area contributed by atoms with Gasteiger partial charge < -0.3 is 5.32 Å². The number of hydrogen-bond acceptors (Lipinski definition) is 3. The molecule has 120 valence electrons. The number of carbonyl (C=O) groups excluding carboxylic acids is 1. The van der Waals surface area contributed by atoms with E-state index in [1.165, 1.54) is 6.08 Å². The largest absolute Gasteiger partial charge is 0.321 e. The Morgan fingerprint density at radius 2 is 1.92 bits per heavy atom. The highest BCUT2D eigenvalue weighted by Gasteiger charge is 2.10. The molecule has 5 nitrogen and oxygen atoms in total. The highest BCUT2D eigenvalue weighted by Crippen LogP contribution is 2.19. The van der Waals surface area contributed by atoms with Crippen LogP contribution in [0.4, 0.5) is 5.69 Å². The summed E-state index contributed by atoms with van der Waals surface area (Å²) in [6.07, 6.45) is 6.58. The number of carbonyl (C=O) groups is 1. The quantitative estimate of drug-likeness (QED) is 0.749. The fraction of sp³-hybridized carbons (Fsp3) is 0.105. The zero-order valence-corrected chi connectivity index (χ0v) is 13.6. The molecular formula is C19H18N4O. The van der Waals surface area contributed by atoms with Gasteiger partial charge in [0.1, 0.15) is 0 Å². The average molecular weight is 318 g/mol. The third-order valence-corrected chi connectivity index (χ3v) is 3.68. The summed E-state index contributed by atoms with van der Waals surface area (Å²) < 4.78 is 1.88. The van der Waals surface area contributed by atoms with E-state index < -0.39 is 0 Å². The van der Waals surface area contributed by atoms with E-state index in [-0.39, 0.29) is 5.91 Å². The molecule has 0 atom stereocenters. The molecule has 0 saturated heterocycles. The van der Waals surface area contributed by atoms with Crippen molar-refractivity contribution in [1.29, 1.82) is 0 Å². The lowest BCUT2D eigenvalue weighted by Crippen LogP contribution is -2.07. The molecule has 0 fully saturated rings. The van der Waals surface area contributed by atoms with Gasteiger partial charge in [-0.25, -0.2) is 4.68 Å². The maximum Gasteiger partial charge on any atom is 0.248 e. The number of aromatic nitrogens is 3. The molecule has 0 unspecified atom stereocenters. The first-order valence-electron chi connectivity index (χ1n) is 7.66. The molecule has 0 saturated carbocycles. The summed E-state index contributed by atoms with van der Waals surface area (Å²) in [4.78, 5) is 16.0. The lowest BCUT2D eigenvalue weighted by molar-refractivity contribution is -0.111. The Morgan fingerprint density at radius 1 is 1.12 bits per heavy atom. The van der Waals surface area contributed by atoms with E-state index in [2.05, 4.69) is 15.4 Å². The normalized spacial score (nSPS) is 10.9. The number of anilines is 1. The Hall–Kier alpha value is -3.21. The van der Waals surface area contributed by atoms with E-state index in [4.69, 9.17) is 0 Å². The molecule has 0 aliphatic rings. The minimum atomic E-state index is -0.200. The van der Waals surface area contributed by atoms with Crippen LogP contribution in [0, 0.1) is 13.8 Å². The van der Waals surface area contributed by atoms with E-state index in [0.29, 0.717) is 5.69 Å². The zero-order valence-electron chi connectivity index (χ0n) is 13.6. The Kier molecular flexibility index (Phi) is 4.52. The summed E-state index contributed by atoms with van der Waals surface area (Å²) in [5, 5.41) is 7.34. The minimum Gasteiger partial charge on any atom is -0.321 e. The number of nitrogens with zero attached hydrogens (tertiary/aromatic N) is 3. The van der Waals surface area contributed by atoms with Gasteiger partial charge in [0.15, 0.2) is 0 Å². The Morgan fingerprint density at radius 3 is 2.62 bits per heavy atom. The fourth-order valence-electron chi connectivity index (χ4n) is 2.50. The molecule has 0 spiro atoms. The molecule has 5 heteroatoms. The van der Waals surface area contributed by atoms with Crippen molar-refractivity contribution in [2.45, 2.75) is 13.8 Å². The number of nitrogens with one attached hydrogen (secondary N) is 1. The van der Waals surface area contributed by atoms with Gasteiger partial charge in [-0.2, -0.15) is 5.10 Å². The van der Waals surface area contributed by atoms with E-state index in [1.807, 2.05) is 48.9 Å². The first kappa shape index (κ1) is 15.7. The lowest BCUT2D eigenvalue weighted by atomic mass is 10.2. The molecule has 0 radical (unpaired) electrons.